The van der Waals surface area contributed by atoms with Crippen LogP contribution in [0.3, 0.4) is 0 Å². The molecule has 1 aliphatic rings. The van der Waals surface area contributed by atoms with E-state index in [1.165, 1.54) is 12.1 Å². The Kier molecular flexibility index (Phi) is 5.46. The molecular weight excluding hydrogens is 325 g/mol. The fourth-order valence-corrected chi connectivity index (χ4v) is 3.08. The Balaban J connectivity index is 2.02. The van der Waals surface area contributed by atoms with E-state index in [4.69, 9.17) is 21.4 Å². The fraction of sp³-hybridized carbons (Fsp3) is 0.500. The van der Waals surface area contributed by atoms with Gasteiger partial charge in [0.2, 0.25) is 0 Å². The molecule has 1 atom stereocenters. The zero-order chi connectivity index (χ0) is 17.0. The first-order chi connectivity index (χ1) is 10.8. The first kappa shape index (κ1) is 17.5. The molecule has 1 saturated carbocycles. The third kappa shape index (κ3) is 4.58. The molecule has 0 saturated heterocycles. The summed E-state index contributed by atoms with van der Waals surface area (Å²) < 4.78 is 18.5. The van der Waals surface area contributed by atoms with Crippen LogP contribution in [0.2, 0.25) is 5.02 Å². The third-order valence-corrected chi connectivity index (χ3v) is 4.30. The zero-order valence-electron chi connectivity index (χ0n) is 12.8. The van der Waals surface area contributed by atoms with Gasteiger partial charge in [-0.25, -0.2) is 4.39 Å². The Hall–Kier alpha value is -1.82. The molecule has 1 aromatic rings. The van der Waals surface area contributed by atoms with Gasteiger partial charge in [0.05, 0.1) is 17.0 Å². The van der Waals surface area contributed by atoms with E-state index in [1.807, 2.05) is 0 Å². The molecule has 2 N–H and O–H groups in total. The lowest BCUT2D eigenvalue weighted by Crippen LogP contribution is -2.51. The molecule has 1 aliphatic carbocycles. The number of carbonyl (C=O) groups excluding carboxylic acids is 1. The lowest BCUT2D eigenvalue weighted by atomic mass is 9.93. The van der Waals surface area contributed by atoms with Crippen LogP contribution in [-0.4, -0.2) is 28.6 Å². The first-order valence-corrected chi connectivity index (χ1v) is 7.85. The monoisotopic (exact) mass is 343 g/mol. The largest absolute Gasteiger partial charge is 0.481 e. The Morgan fingerprint density at radius 2 is 2.09 bits per heavy atom. The lowest BCUT2D eigenvalue weighted by molar-refractivity contribution is -0.139. The maximum Gasteiger partial charge on any atom is 0.305 e. The van der Waals surface area contributed by atoms with E-state index in [2.05, 4.69) is 5.32 Å². The maximum atomic E-state index is 13.0. The first-order valence-electron chi connectivity index (χ1n) is 7.47. The van der Waals surface area contributed by atoms with E-state index < -0.39 is 29.3 Å². The van der Waals surface area contributed by atoms with Crippen LogP contribution < -0.4 is 10.1 Å². The Morgan fingerprint density at radius 1 is 1.43 bits per heavy atom. The van der Waals surface area contributed by atoms with Crippen LogP contribution in [0.4, 0.5) is 4.39 Å². The number of carboxylic acids is 1. The molecule has 1 fully saturated rings. The molecule has 0 heterocycles. The average Bonchev–Trinajstić information content (AvgIpc) is 2.89. The minimum atomic E-state index is -0.942. The molecule has 0 spiro atoms. The quantitative estimate of drug-likeness (QED) is 0.832. The number of hydrogen-bond acceptors (Lipinski definition) is 3. The van der Waals surface area contributed by atoms with E-state index in [1.54, 1.807) is 6.92 Å². The Bertz CT molecular complexity index is 602. The van der Waals surface area contributed by atoms with Crippen LogP contribution in [0.15, 0.2) is 18.2 Å². The van der Waals surface area contributed by atoms with Crippen molar-refractivity contribution in [1.82, 2.24) is 5.32 Å². The van der Waals surface area contributed by atoms with Gasteiger partial charge in [-0.2, -0.15) is 0 Å². The number of carboxylic acid groups (broad SMARTS) is 1. The number of benzene rings is 1. The minimum absolute atomic E-state index is 0.0748. The molecule has 23 heavy (non-hydrogen) atoms. The topological polar surface area (TPSA) is 75.6 Å². The lowest BCUT2D eigenvalue weighted by Gasteiger charge is -2.30. The highest BCUT2D eigenvalue weighted by atomic mass is 35.5. The van der Waals surface area contributed by atoms with E-state index >= 15 is 0 Å². The van der Waals surface area contributed by atoms with Crippen molar-refractivity contribution in [3.05, 3.63) is 29.0 Å². The van der Waals surface area contributed by atoms with E-state index in [0.29, 0.717) is 12.8 Å². The van der Waals surface area contributed by atoms with Crippen LogP contribution >= 0.6 is 11.6 Å². The Morgan fingerprint density at radius 3 is 2.65 bits per heavy atom. The van der Waals surface area contributed by atoms with Crippen molar-refractivity contribution >= 4 is 23.5 Å². The second-order valence-corrected chi connectivity index (χ2v) is 6.29. The molecule has 126 valence electrons. The van der Waals surface area contributed by atoms with Gasteiger partial charge in [0, 0.05) is 0 Å². The summed E-state index contributed by atoms with van der Waals surface area (Å²) in [5, 5.41) is 11.9. The highest BCUT2D eigenvalue weighted by Crippen LogP contribution is 2.33. The molecule has 1 unspecified atom stereocenters. The molecule has 0 bridgehead atoms. The van der Waals surface area contributed by atoms with Gasteiger partial charge in [-0.3, -0.25) is 9.59 Å². The van der Waals surface area contributed by atoms with Crippen LogP contribution in [0.25, 0.3) is 0 Å². The highest BCUT2D eigenvalue weighted by molar-refractivity contribution is 6.32. The molecule has 0 aliphatic heterocycles. The second kappa shape index (κ2) is 7.17. The number of halogens is 2. The van der Waals surface area contributed by atoms with Crippen LogP contribution in [-0.2, 0) is 9.59 Å². The van der Waals surface area contributed by atoms with Crippen molar-refractivity contribution < 1.29 is 23.8 Å². The van der Waals surface area contributed by atoms with Crippen LogP contribution in [0, 0.1) is 5.82 Å². The predicted octanol–water partition coefficient (Wildman–Crippen LogP) is 3.15. The predicted molar refractivity (Wildman–Crippen MR) is 83.1 cm³/mol. The highest BCUT2D eigenvalue weighted by Gasteiger charge is 2.38. The van der Waals surface area contributed by atoms with Crippen molar-refractivity contribution in [2.75, 3.05) is 0 Å². The summed E-state index contributed by atoms with van der Waals surface area (Å²) >= 11 is 5.87. The summed E-state index contributed by atoms with van der Waals surface area (Å²) in [6.07, 6.45) is 2.05. The smallest absolute Gasteiger partial charge is 0.305 e. The molecule has 5 nitrogen and oxygen atoms in total. The van der Waals surface area contributed by atoms with Gasteiger partial charge in [0.25, 0.3) is 5.91 Å². The standard InChI is InChI=1S/C16H19ClFNO4/c1-10(23-13-5-4-11(18)8-12(13)17)15(22)19-16(9-14(20)21)6-2-3-7-16/h4-5,8,10H,2-3,6-7,9H2,1H3,(H,19,22)(H,20,21). The number of amides is 1. The van der Waals surface area contributed by atoms with Gasteiger partial charge in [-0.15, -0.1) is 0 Å². The maximum absolute atomic E-state index is 13.0. The molecule has 2 rings (SSSR count). The summed E-state index contributed by atoms with van der Waals surface area (Å²) in [6.45, 7) is 1.54. The van der Waals surface area contributed by atoms with Gasteiger partial charge < -0.3 is 15.2 Å². The molecular formula is C16H19ClFNO4. The van der Waals surface area contributed by atoms with Crippen LogP contribution in [0.5, 0.6) is 5.75 Å². The summed E-state index contributed by atoms with van der Waals surface area (Å²) in [4.78, 5) is 23.4. The molecule has 1 amide bonds. The van der Waals surface area contributed by atoms with Crippen molar-refractivity contribution in [1.29, 1.82) is 0 Å². The van der Waals surface area contributed by atoms with E-state index in [9.17, 15) is 14.0 Å². The van der Waals surface area contributed by atoms with Crippen molar-refractivity contribution in [3.63, 3.8) is 0 Å². The normalized spacial score (nSPS) is 17.5. The summed E-state index contributed by atoms with van der Waals surface area (Å²) in [5.74, 6) is -1.64. The van der Waals surface area contributed by atoms with E-state index in [-0.39, 0.29) is 17.2 Å². The molecule has 0 aromatic heterocycles. The number of ether oxygens (including phenoxy) is 1. The van der Waals surface area contributed by atoms with Crippen molar-refractivity contribution in [3.8, 4) is 5.75 Å². The number of carbonyl (C=O) groups is 2. The fourth-order valence-electron chi connectivity index (χ4n) is 2.86. The average molecular weight is 344 g/mol. The molecule has 7 heteroatoms. The van der Waals surface area contributed by atoms with Gasteiger partial charge >= 0.3 is 5.97 Å². The zero-order valence-corrected chi connectivity index (χ0v) is 13.5. The number of rotatable bonds is 6. The summed E-state index contributed by atoms with van der Waals surface area (Å²) in [6, 6.07) is 3.64. The Labute approximate surface area is 138 Å². The van der Waals surface area contributed by atoms with E-state index in [0.717, 1.165) is 18.9 Å². The molecule has 1 aromatic carbocycles. The third-order valence-electron chi connectivity index (χ3n) is 4.01. The van der Waals surface area contributed by atoms with Gasteiger partial charge in [0.15, 0.2) is 6.10 Å². The minimum Gasteiger partial charge on any atom is -0.481 e. The summed E-state index contributed by atoms with van der Waals surface area (Å²) in [7, 11) is 0. The summed E-state index contributed by atoms with van der Waals surface area (Å²) in [5.41, 5.74) is -0.715. The van der Waals surface area contributed by atoms with Gasteiger partial charge in [-0.05, 0) is 38.0 Å². The van der Waals surface area contributed by atoms with Gasteiger partial charge in [-0.1, -0.05) is 24.4 Å². The van der Waals surface area contributed by atoms with Crippen molar-refractivity contribution in [2.24, 2.45) is 0 Å². The number of aliphatic carboxylic acids is 1. The number of nitrogens with one attached hydrogen (secondary N) is 1. The van der Waals surface area contributed by atoms with Gasteiger partial charge in [0.1, 0.15) is 11.6 Å². The van der Waals surface area contributed by atoms with Crippen molar-refractivity contribution in [2.45, 2.75) is 50.7 Å². The molecule has 0 radical (unpaired) electrons. The SMILES string of the molecule is CC(Oc1ccc(F)cc1Cl)C(=O)NC1(CC(=O)O)CCCC1. The number of hydrogen-bond donors (Lipinski definition) is 2. The second-order valence-electron chi connectivity index (χ2n) is 5.88. The van der Waals surface area contributed by atoms with Crippen LogP contribution in [0.1, 0.15) is 39.0 Å².